The lowest BCUT2D eigenvalue weighted by molar-refractivity contribution is -0.135. The van der Waals surface area contributed by atoms with Crippen LogP contribution in [0.25, 0.3) is 0 Å². The number of aryl methyl sites for hydroxylation is 1. The fraction of sp³-hybridized carbons (Fsp3) is 0.720. The molecule has 34 heavy (non-hydrogen) atoms. The summed E-state index contributed by atoms with van der Waals surface area (Å²) < 4.78 is 10.5. The number of hydrogen-bond acceptors (Lipinski definition) is 6. The van der Waals surface area contributed by atoms with Gasteiger partial charge in [0, 0.05) is 50.8 Å². The van der Waals surface area contributed by atoms with Crippen molar-refractivity contribution in [1.29, 1.82) is 0 Å². The lowest BCUT2D eigenvalue weighted by Crippen LogP contribution is -2.43. The maximum Gasteiger partial charge on any atom is 0.355 e. The normalized spacial score (nSPS) is 17.6. The van der Waals surface area contributed by atoms with Gasteiger partial charge >= 0.3 is 5.97 Å². The Balaban J connectivity index is 1.36. The molecule has 2 fully saturated rings. The Morgan fingerprint density at radius 2 is 1.82 bits per heavy atom. The summed E-state index contributed by atoms with van der Waals surface area (Å²) in [5.74, 6) is -0.169. The van der Waals surface area contributed by atoms with Gasteiger partial charge in [-0.15, -0.1) is 0 Å². The zero-order chi connectivity index (χ0) is 24.5. The number of aromatic amines is 1. The SMILES string of the molecule is CCOC(=O)c1[nH]c(C)c(CCC(=O)N2CCC(C(=O)NCCCN3CCOCC3)CC2)c1C. The van der Waals surface area contributed by atoms with Crippen LogP contribution in [0.3, 0.4) is 0 Å². The number of H-pyrrole nitrogens is 1. The zero-order valence-corrected chi connectivity index (χ0v) is 20.9. The fourth-order valence-electron chi connectivity index (χ4n) is 4.84. The van der Waals surface area contributed by atoms with Gasteiger partial charge in [-0.25, -0.2) is 4.79 Å². The summed E-state index contributed by atoms with van der Waals surface area (Å²) in [4.78, 5) is 44.7. The van der Waals surface area contributed by atoms with E-state index in [2.05, 4.69) is 15.2 Å². The van der Waals surface area contributed by atoms with E-state index in [1.54, 1.807) is 6.92 Å². The highest BCUT2D eigenvalue weighted by atomic mass is 16.5. The van der Waals surface area contributed by atoms with Crippen LogP contribution in [-0.4, -0.2) is 91.7 Å². The minimum Gasteiger partial charge on any atom is -0.461 e. The number of ether oxygens (including phenoxy) is 2. The number of amides is 2. The van der Waals surface area contributed by atoms with Gasteiger partial charge in [0.2, 0.25) is 11.8 Å². The van der Waals surface area contributed by atoms with Crippen LogP contribution < -0.4 is 5.32 Å². The largest absolute Gasteiger partial charge is 0.461 e. The van der Waals surface area contributed by atoms with Crippen molar-refractivity contribution in [2.75, 3.05) is 59.1 Å². The van der Waals surface area contributed by atoms with E-state index in [1.165, 1.54) is 0 Å². The van der Waals surface area contributed by atoms with Crippen LogP contribution >= 0.6 is 0 Å². The van der Waals surface area contributed by atoms with Crippen LogP contribution in [0.15, 0.2) is 0 Å². The van der Waals surface area contributed by atoms with Gasteiger partial charge in [-0.1, -0.05) is 0 Å². The number of rotatable bonds is 10. The molecule has 2 saturated heterocycles. The highest BCUT2D eigenvalue weighted by molar-refractivity contribution is 5.90. The second-order valence-electron chi connectivity index (χ2n) is 9.20. The molecule has 0 radical (unpaired) electrons. The topological polar surface area (TPSA) is 104 Å². The van der Waals surface area contributed by atoms with E-state index in [0.29, 0.717) is 57.6 Å². The average Bonchev–Trinajstić information content (AvgIpc) is 3.14. The lowest BCUT2D eigenvalue weighted by Gasteiger charge is -2.31. The Labute approximate surface area is 202 Å². The van der Waals surface area contributed by atoms with Gasteiger partial charge in [0.25, 0.3) is 0 Å². The van der Waals surface area contributed by atoms with Gasteiger partial charge < -0.3 is 24.7 Å². The minimum absolute atomic E-state index is 0.0197. The number of nitrogens with zero attached hydrogens (tertiary/aromatic N) is 2. The molecule has 1 aromatic rings. The first-order valence-corrected chi connectivity index (χ1v) is 12.6. The maximum atomic E-state index is 12.8. The molecule has 0 aromatic carbocycles. The third kappa shape index (κ3) is 7.06. The van der Waals surface area contributed by atoms with Crippen molar-refractivity contribution >= 4 is 17.8 Å². The zero-order valence-electron chi connectivity index (χ0n) is 20.9. The average molecular weight is 477 g/mol. The molecule has 2 amide bonds. The third-order valence-electron chi connectivity index (χ3n) is 6.93. The van der Waals surface area contributed by atoms with E-state index in [1.807, 2.05) is 18.7 Å². The number of likely N-dealkylation sites (tertiary alicyclic amines) is 1. The molecule has 3 heterocycles. The van der Waals surface area contributed by atoms with E-state index in [-0.39, 0.29) is 23.7 Å². The second kappa shape index (κ2) is 12.9. The van der Waals surface area contributed by atoms with Gasteiger partial charge in [-0.05, 0) is 64.1 Å². The first-order chi connectivity index (χ1) is 16.4. The number of piperidine rings is 1. The second-order valence-corrected chi connectivity index (χ2v) is 9.20. The summed E-state index contributed by atoms with van der Waals surface area (Å²) in [7, 11) is 0. The van der Waals surface area contributed by atoms with Crippen molar-refractivity contribution in [1.82, 2.24) is 20.1 Å². The maximum absolute atomic E-state index is 12.8. The molecule has 0 unspecified atom stereocenters. The highest BCUT2D eigenvalue weighted by Crippen LogP contribution is 2.22. The summed E-state index contributed by atoms with van der Waals surface area (Å²) in [5, 5.41) is 3.07. The molecular weight excluding hydrogens is 436 g/mol. The third-order valence-corrected chi connectivity index (χ3v) is 6.93. The number of aromatic nitrogens is 1. The smallest absolute Gasteiger partial charge is 0.355 e. The Bertz CT molecular complexity index is 839. The molecule has 1 aromatic heterocycles. The molecule has 0 bridgehead atoms. The molecule has 2 N–H and O–H groups in total. The van der Waals surface area contributed by atoms with Crippen LogP contribution in [0.4, 0.5) is 0 Å². The van der Waals surface area contributed by atoms with Gasteiger partial charge in [0.05, 0.1) is 19.8 Å². The number of morpholine rings is 1. The standard InChI is InChI=1S/C25H40N4O5/c1-4-34-25(32)23-18(2)21(19(3)27-23)6-7-22(30)29-12-8-20(9-13-29)24(31)26-10-5-11-28-14-16-33-17-15-28/h20,27H,4-17H2,1-3H3,(H,26,31). The lowest BCUT2D eigenvalue weighted by atomic mass is 9.95. The van der Waals surface area contributed by atoms with Crippen molar-refractivity contribution < 1.29 is 23.9 Å². The molecule has 9 nitrogen and oxygen atoms in total. The number of esters is 1. The highest BCUT2D eigenvalue weighted by Gasteiger charge is 2.27. The predicted octanol–water partition coefficient (Wildman–Crippen LogP) is 1.82. The van der Waals surface area contributed by atoms with Crippen molar-refractivity contribution in [2.24, 2.45) is 5.92 Å². The molecule has 190 valence electrons. The number of carbonyl (C=O) groups is 3. The van der Waals surface area contributed by atoms with Gasteiger partial charge in [-0.3, -0.25) is 14.5 Å². The summed E-state index contributed by atoms with van der Waals surface area (Å²) in [5.41, 5.74) is 3.23. The molecule has 9 heteroatoms. The molecule has 2 aliphatic rings. The van der Waals surface area contributed by atoms with Crippen LogP contribution in [-0.2, 0) is 25.5 Å². The first-order valence-electron chi connectivity index (χ1n) is 12.6. The Kier molecular flexibility index (Phi) is 9.95. The van der Waals surface area contributed by atoms with Gasteiger partial charge in [0.15, 0.2) is 0 Å². The summed E-state index contributed by atoms with van der Waals surface area (Å²) in [6.07, 6.45) is 3.32. The Hall–Kier alpha value is -2.39. The van der Waals surface area contributed by atoms with Crippen molar-refractivity contribution in [3.05, 3.63) is 22.5 Å². The van der Waals surface area contributed by atoms with E-state index in [9.17, 15) is 14.4 Å². The first kappa shape index (κ1) is 26.2. The molecule has 0 aliphatic carbocycles. The van der Waals surface area contributed by atoms with E-state index >= 15 is 0 Å². The van der Waals surface area contributed by atoms with Gasteiger partial charge in [-0.2, -0.15) is 0 Å². The monoisotopic (exact) mass is 476 g/mol. The van der Waals surface area contributed by atoms with E-state index in [0.717, 1.165) is 56.1 Å². The molecular formula is C25H40N4O5. The fourth-order valence-corrected chi connectivity index (χ4v) is 4.84. The van der Waals surface area contributed by atoms with Gasteiger partial charge in [0.1, 0.15) is 5.69 Å². The molecule has 0 spiro atoms. The van der Waals surface area contributed by atoms with Crippen LogP contribution in [0, 0.1) is 19.8 Å². The number of hydrogen-bond donors (Lipinski definition) is 2. The van der Waals surface area contributed by atoms with Crippen molar-refractivity contribution in [3.8, 4) is 0 Å². The van der Waals surface area contributed by atoms with E-state index in [4.69, 9.17) is 9.47 Å². The Morgan fingerprint density at radius 1 is 1.12 bits per heavy atom. The Morgan fingerprint density at radius 3 is 2.50 bits per heavy atom. The summed E-state index contributed by atoms with van der Waals surface area (Å²) in [6.45, 7) is 12.3. The minimum atomic E-state index is -0.359. The van der Waals surface area contributed by atoms with Crippen molar-refractivity contribution in [2.45, 2.75) is 52.9 Å². The molecule has 0 atom stereocenters. The number of nitrogens with one attached hydrogen (secondary N) is 2. The summed E-state index contributed by atoms with van der Waals surface area (Å²) >= 11 is 0. The van der Waals surface area contributed by atoms with Crippen LogP contribution in [0.5, 0.6) is 0 Å². The van der Waals surface area contributed by atoms with Crippen LogP contribution in [0.1, 0.15) is 59.9 Å². The molecule has 0 saturated carbocycles. The summed E-state index contributed by atoms with van der Waals surface area (Å²) in [6, 6.07) is 0. The predicted molar refractivity (Wildman–Crippen MR) is 129 cm³/mol. The molecule has 3 rings (SSSR count). The van der Waals surface area contributed by atoms with E-state index < -0.39 is 0 Å². The van der Waals surface area contributed by atoms with Crippen molar-refractivity contribution in [3.63, 3.8) is 0 Å². The number of carbonyl (C=O) groups excluding carboxylic acids is 3. The van der Waals surface area contributed by atoms with Crippen LogP contribution in [0.2, 0.25) is 0 Å². The molecule has 2 aliphatic heterocycles. The quantitative estimate of drug-likeness (QED) is 0.394.